The number of ketones is 1. The van der Waals surface area contributed by atoms with E-state index in [2.05, 4.69) is 26.0 Å². The molecule has 0 atom stereocenters. The van der Waals surface area contributed by atoms with Gasteiger partial charge < -0.3 is 0 Å². The molecule has 1 aromatic carbocycles. The summed E-state index contributed by atoms with van der Waals surface area (Å²) < 4.78 is 2.46. The summed E-state index contributed by atoms with van der Waals surface area (Å²) in [5.74, 6) is -0.0963. The number of rotatable bonds is 3. The van der Waals surface area contributed by atoms with Crippen LogP contribution in [0.15, 0.2) is 65.7 Å². The van der Waals surface area contributed by atoms with Gasteiger partial charge in [0.1, 0.15) is 0 Å². The summed E-state index contributed by atoms with van der Waals surface area (Å²) in [6.45, 7) is 0. The van der Waals surface area contributed by atoms with Gasteiger partial charge in [0.2, 0.25) is 0 Å². The van der Waals surface area contributed by atoms with E-state index in [0.29, 0.717) is 11.1 Å². The topological polar surface area (TPSA) is 47.8 Å². The molecule has 0 amide bonds. The Kier molecular flexibility index (Phi) is 3.43. The second-order valence-corrected chi connectivity index (χ2v) is 5.15. The van der Waals surface area contributed by atoms with Gasteiger partial charge in [0.25, 0.3) is 0 Å². The molecule has 3 rings (SSSR count). The molecule has 98 valence electrons. The lowest BCUT2D eigenvalue weighted by Crippen LogP contribution is -2.00. The molecule has 0 saturated carbocycles. The molecule has 0 N–H and O–H groups in total. The summed E-state index contributed by atoms with van der Waals surface area (Å²) in [6, 6.07) is 11.4. The first kappa shape index (κ1) is 12.7. The van der Waals surface area contributed by atoms with Gasteiger partial charge in [-0.05, 0) is 34.1 Å². The molecule has 0 radical (unpaired) electrons. The number of benzene rings is 1. The molecule has 0 bridgehead atoms. The van der Waals surface area contributed by atoms with Crippen LogP contribution in [-0.4, -0.2) is 20.5 Å². The molecule has 0 aliphatic heterocycles. The maximum Gasteiger partial charge on any atom is 0.197 e. The number of aromatic nitrogens is 3. The third-order valence-corrected chi connectivity index (χ3v) is 3.27. The quantitative estimate of drug-likeness (QED) is 0.694. The summed E-state index contributed by atoms with van der Waals surface area (Å²) in [7, 11) is 0. The van der Waals surface area contributed by atoms with E-state index in [1.165, 1.54) is 0 Å². The van der Waals surface area contributed by atoms with Crippen LogP contribution in [0.3, 0.4) is 0 Å². The highest BCUT2D eigenvalue weighted by atomic mass is 79.9. The highest BCUT2D eigenvalue weighted by Crippen LogP contribution is 2.15. The molecule has 0 aliphatic rings. The number of nitrogens with zero attached hydrogens (tertiary/aromatic N) is 3. The minimum Gasteiger partial charge on any atom is -0.288 e. The second-order valence-electron chi connectivity index (χ2n) is 4.23. The molecule has 0 unspecified atom stereocenters. The molecule has 0 fully saturated rings. The number of hydrogen-bond donors (Lipinski definition) is 0. The molecule has 2 heterocycles. The maximum absolute atomic E-state index is 12.3. The number of hydrogen-bond acceptors (Lipinski definition) is 3. The first-order chi connectivity index (χ1) is 9.74. The number of para-hydroxylation sites is 1. The molecular weight excluding hydrogens is 318 g/mol. The lowest BCUT2D eigenvalue weighted by atomic mass is 10.1. The van der Waals surface area contributed by atoms with Crippen LogP contribution >= 0.6 is 15.9 Å². The number of carbonyl (C=O) groups excluding carboxylic acids is 1. The van der Waals surface area contributed by atoms with Gasteiger partial charge in [0.05, 0.1) is 17.4 Å². The summed E-state index contributed by atoms with van der Waals surface area (Å²) in [5, 5.41) is 4.22. The summed E-state index contributed by atoms with van der Waals surface area (Å²) >= 11 is 3.31. The normalized spacial score (nSPS) is 10.4. The Labute approximate surface area is 124 Å². The van der Waals surface area contributed by atoms with Crippen molar-refractivity contribution in [1.82, 2.24) is 14.8 Å². The van der Waals surface area contributed by atoms with Crippen LogP contribution in [0.5, 0.6) is 0 Å². The zero-order valence-electron chi connectivity index (χ0n) is 10.4. The van der Waals surface area contributed by atoms with E-state index in [1.807, 2.05) is 30.3 Å². The van der Waals surface area contributed by atoms with Crippen molar-refractivity contribution in [2.75, 3.05) is 0 Å². The molecule has 0 aliphatic carbocycles. The first-order valence-electron chi connectivity index (χ1n) is 5.99. The van der Waals surface area contributed by atoms with Crippen molar-refractivity contribution in [3.05, 3.63) is 76.8 Å². The molecule has 5 heteroatoms. The van der Waals surface area contributed by atoms with Crippen molar-refractivity contribution in [3.8, 4) is 5.69 Å². The standard InChI is InChI=1S/C15H10BrN3O/c16-13-6-11(7-17-9-13)15(20)12-8-18-19(10-12)14-4-2-1-3-5-14/h1-10H. The predicted molar refractivity (Wildman–Crippen MR) is 78.9 cm³/mol. The second kappa shape index (κ2) is 5.38. The fourth-order valence-corrected chi connectivity index (χ4v) is 2.23. The van der Waals surface area contributed by atoms with Gasteiger partial charge >= 0.3 is 0 Å². The summed E-state index contributed by atoms with van der Waals surface area (Å²) in [6.07, 6.45) is 6.48. The Hall–Kier alpha value is -2.27. The fraction of sp³-hybridized carbons (Fsp3) is 0. The fourth-order valence-electron chi connectivity index (χ4n) is 1.86. The summed E-state index contributed by atoms with van der Waals surface area (Å²) in [5.41, 5.74) is 1.99. The predicted octanol–water partition coefficient (Wildman–Crippen LogP) is 3.26. The Bertz CT molecular complexity index is 753. The van der Waals surface area contributed by atoms with Crippen LogP contribution in [0, 0.1) is 0 Å². The van der Waals surface area contributed by atoms with Gasteiger partial charge in [0.15, 0.2) is 5.78 Å². The van der Waals surface area contributed by atoms with E-state index < -0.39 is 0 Å². The highest BCUT2D eigenvalue weighted by molar-refractivity contribution is 9.10. The Morgan fingerprint density at radius 3 is 2.60 bits per heavy atom. The van der Waals surface area contributed by atoms with Crippen molar-refractivity contribution >= 4 is 21.7 Å². The highest BCUT2D eigenvalue weighted by Gasteiger charge is 2.12. The van der Waals surface area contributed by atoms with Crippen LogP contribution < -0.4 is 0 Å². The number of halogens is 1. The zero-order chi connectivity index (χ0) is 13.9. The third-order valence-electron chi connectivity index (χ3n) is 2.83. The van der Waals surface area contributed by atoms with Crippen LogP contribution in [-0.2, 0) is 0 Å². The monoisotopic (exact) mass is 327 g/mol. The maximum atomic E-state index is 12.3. The van der Waals surface area contributed by atoms with Gasteiger partial charge in [-0.2, -0.15) is 5.10 Å². The number of pyridine rings is 1. The molecular formula is C15H10BrN3O. The minimum atomic E-state index is -0.0963. The van der Waals surface area contributed by atoms with Gasteiger partial charge in [-0.3, -0.25) is 9.78 Å². The van der Waals surface area contributed by atoms with E-state index in [0.717, 1.165) is 10.2 Å². The van der Waals surface area contributed by atoms with Crippen LogP contribution in [0.2, 0.25) is 0 Å². The van der Waals surface area contributed by atoms with E-state index in [4.69, 9.17) is 0 Å². The molecule has 4 nitrogen and oxygen atoms in total. The van der Waals surface area contributed by atoms with E-state index in [-0.39, 0.29) is 5.78 Å². The molecule has 20 heavy (non-hydrogen) atoms. The lowest BCUT2D eigenvalue weighted by Gasteiger charge is -1.99. The van der Waals surface area contributed by atoms with Crippen LogP contribution in [0.4, 0.5) is 0 Å². The smallest absolute Gasteiger partial charge is 0.197 e. The minimum absolute atomic E-state index is 0.0963. The third kappa shape index (κ3) is 2.53. The van der Waals surface area contributed by atoms with Gasteiger partial charge in [-0.25, -0.2) is 4.68 Å². The zero-order valence-corrected chi connectivity index (χ0v) is 12.0. The Morgan fingerprint density at radius 2 is 1.85 bits per heavy atom. The molecule has 2 aromatic heterocycles. The van der Waals surface area contributed by atoms with Gasteiger partial charge in [-0.15, -0.1) is 0 Å². The Balaban J connectivity index is 1.93. The molecule has 0 saturated heterocycles. The van der Waals surface area contributed by atoms with Crippen molar-refractivity contribution in [2.45, 2.75) is 0 Å². The SMILES string of the molecule is O=C(c1cncc(Br)c1)c1cnn(-c2ccccc2)c1. The van der Waals surface area contributed by atoms with Gasteiger partial charge in [0, 0.05) is 28.6 Å². The van der Waals surface area contributed by atoms with Crippen molar-refractivity contribution in [1.29, 1.82) is 0 Å². The molecule has 0 spiro atoms. The number of carbonyl (C=O) groups is 1. The largest absolute Gasteiger partial charge is 0.288 e. The van der Waals surface area contributed by atoms with Crippen molar-refractivity contribution in [3.63, 3.8) is 0 Å². The van der Waals surface area contributed by atoms with Gasteiger partial charge in [-0.1, -0.05) is 18.2 Å². The van der Waals surface area contributed by atoms with Crippen molar-refractivity contribution < 1.29 is 4.79 Å². The van der Waals surface area contributed by atoms with Crippen LogP contribution in [0.1, 0.15) is 15.9 Å². The van der Waals surface area contributed by atoms with Crippen LogP contribution in [0.25, 0.3) is 5.69 Å². The molecule has 3 aromatic rings. The Morgan fingerprint density at radius 1 is 1.05 bits per heavy atom. The van der Waals surface area contributed by atoms with E-state index >= 15 is 0 Å². The van der Waals surface area contributed by atoms with E-state index in [1.54, 1.807) is 35.5 Å². The first-order valence-corrected chi connectivity index (χ1v) is 6.79. The van der Waals surface area contributed by atoms with E-state index in [9.17, 15) is 4.79 Å². The lowest BCUT2D eigenvalue weighted by molar-refractivity contribution is 0.103. The average molecular weight is 328 g/mol. The summed E-state index contributed by atoms with van der Waals surface area (Å²) in [4.78, 5) is 16.3. The van der Waals surface area contributed by atoms with Crippen molar-refractivity contribution in [2.24, 2.45) is 0 Å². The average Bonchev–Trinajstić information content (AvgIpc) is 2.97.